The largest absolute Gasteiger partial charge is 0.487 e. The van der Waals surface area contributed by atoms with Crippen molar-refractivity contribution in [3.63, 3.8) is 0 Å². The smallest absolute Gasteiger partial charge is 0.416 e. The summed E-state index contributed by atoms with van der Waals surface area (Å²) in [6.07, 6.45) is -4.44. The highest BCUT2D eigenvalue weighted by atomic mass is 35.5. The van der Waals surface area contributed by atoms with Gasteiger partial charge in [-0.15, -0.1) is 0 Å². The molecule has 3 rings (SSSR count). The second-order valence-electron chi connectivity index (χ2n) is 9.09. The second-order valence-corrected chi connectivity index (χ2v) is 9.52. The first-order valence-electron chi connectivity index (χ1n) is 10.7. The number of halogens is 4. The average Bonchev–Trinajstić information content (AvgIpc) is 2.79. The van der Waals surface area contributed by atoms with E-state index in [1.54, 1.807) is 51.1 Å². The molecule has 0 aliphatic carbocycles. The lowest BCUT2D eigenvalue weighted by atomic mass is 9.86. The molecule has 0 saturated carbocycles. The predicted molar refractivity (Wildman–Crippen MR) is 127 cm³/mol. The highest BCUT2D eigenvalue weighted by molar-refractivity contribution is 6.31. The van der Waals surface area contributed by atoms with E-state index in [9.17, 15) is 22.8 Å². The number of rotatable bonds is 6. The van der Waals surface area contributed by atoms with Gasteiger partial charge in [0.2, 0.25) is 0 Å². The molecule has 9 heteroatoms. The van der Waals surface area contributed by atoms with Crippen molar-refractivity contribution in [2.75, 3.05) is 7.11 Å². The minimum Gasteiger partial charge on any atom is -0.487 e. The molecule has 0 aliphatic heterocycles. The number of nitrogens with one attached hydrogen (secondary N) is 1. The number of esters is 1. The molecule has 1 unspecified atom stereocenters. The van der Waals surface area contributed by atoms with Crippen LogP contribution in [-0.4, -0.2) is 25.0 Å². The normalized spacial score (nSPS) is 12.8. The van der Waals surface area contributed by atoms with Gasteiger partial charge in [-0.3, -0.25) is 4.79 Å². The predicted octanol–water partition coefficient (Wildman–Crippen LogP) is 6.41. The number of fused-ring (bicyclic) bond motifs is 1. The van der Waals surface area contributed by atoms with E-state index in [0.29, 0.717) is 16.0 Å². The van der Waals surface area contributed by atoms with Crippen LogP contribution >= 0.6 is 11.6 Å². The third kappa shape index (κ3) is 6.25. The topological polar surface area (TPSA) is 64.6 Å². The van der Waals surface area contributed by atoms with Crippen LogP contribution in [0.4, 0.5) is 13.2 Å². The molecule has 186 valence electrons. The summed E-state index contributed by atoms with van der Waals surface area (Å²) < 4.78 is 49.4. The van der Waals surface area contributed by atoms with Crippen LogP contribution < -0.4 is 10.1 Å². The molecule has 0 radical (unpaired) electrons. The Morgan fingerprint density at radius 1 is 1.00 bits per heavy atom. The van der Waals surface area contributed by atoms with Gasteiger partial charge in [0.1, 0.15) is 18.4 Å². The van der Waals surface area contributed by atoms with Gasteiger partial charge >= 0.3 is 12.1 Å². The number of methoxy groups -OCH3 is 1. The van der Waals surface area contributed by atoms with Gasteiger partial charge in [-0.25, -0.2) is 4.79 Å². The minimum atomic E-state index is -4.44. The number of carbonyl (C=O) groups is 2. The Labute approximate surface area is 206 Å². The number of hydrogen-bond acceptors (Lipinski definition) is 4. The van der Waals surface area contributed by atoms with Gasteiger partial charge in [-0.05, 0) is 46.7 Å². The van der Waals surface area contributed by atoms with Crippen LogP contribution in [0.5, 0.6) is 5.75 Å². The molecule has 0 fully saturated rings. The van der Waals surface area contributed by atoms with Crippen LogP contribution in [0.3, 0.4) is 0 Å². The van der Waals surface area contributed by atoms with Gasteiger partial charge in [-0.2, -0.15) is 13.2 Å². The molecule has 3 aromatic rings. The van der Waals surface area contributed by atoms with E-state index >= 15 is 0 Å². The fraction of sp³-hybridized carbons (Fsp3) is 0.308. The van der Waals surface area contributed by atoms with E-state index in [-0.39, 0.29) is 17.9 Å². The van der Waals surface area contributed by atoms with Crippen molar-refractivity contribution in [2.45, 2.75) is 39.6 Å². The summed E-state index contributed by atoms with van der Waals surface area (Å²) >= 11 is 6.18. The molecule has 0 aromatic heterocycles. The van der Waals surface area contributed by atoms with Crippen molar-refractivity contribution in [1.29, 1.82) is 0 Å². The van der Waals surface area contributed by atoms with Gasteiger partial charge in [0.05, 0.1) is 18.2 Å². The van der Waals surface area contributed by atoms with Gasteiger partial charge in [0.25, 0.3) is 5.91 Å². The summed E-state index contributed by atoms with van der Waals surface area (Å²) in [5.41, 5.74) is -0.783. The van der Waals surface area contributed by atoms with Crippen molar-refractivity contribution < 1.29 is 32.2 Å². The van der Waals surface area contributed by atoms with Crippen molar-refractivity contribution >= 4 is 34.2 Å². The monoisotopic (exact) mass is 507 g/mol. The Morgan fingerprint density at radius 3 is 2.20 bits per heavy atom. The summed E-state index contributed by atoms with van der Waals surface area (Å²) in [5, 5.41) is 4.42. The van der Waals surface area contributed by atoms with Gasteiger partial charge in [-0.1, -0.05) is 56.6 Å². The molecule has 0 saturated heterocycles. The van der Waals surface area contributed by atoms with E-state index in [0.717, 1.165) is 17.5 Å². The van der Waals surface area contributed by atoms with Gasteiger partial charge in [0.15, 0.2) is 0 Å². The lowest BCUT2D eigenvalue weighted by Gasteiger charge is -2.29. The Kier molecular flexibility index (Phi) is 7.65. The Bertz CT molecular complexity index is 1230. The van der Waals surface area contributed by atoms with Crippen molar-refractivity contribution in [1.82, 2.24) is 5.32 Å². The van der Waals surface area contributed by atoms with Gasteiger partial charge < -0.3 is 14.8 Å². The first-order valence-corrected chi connectivity index (χ1v) is 11.1. The third-order valence-corrected chi connectivity index (χ3v) is 5.66. The van der Waals surface area contributed by atoms with E-state index in [1.165, 1.54) is 19.2 Å². The molecule has 5 nitrogen and oxygen atoms in total. The molecule has 0 spiro atoms. The molecule has 0 bridgehead atoms. The van der Waals surface area contributed by atoms with E-state index in [2.05, 4.69) is 5.32 Å². The summed E-state index contributed by atoms with van der Waals surface area (Å²) in [6, 6.07) is 12.0. The van der Waals surface area contributed by atoms with Crippen LogP contribution in [-0.2, 0) is 22.3 Å². The lowest BCUT2D eigenvalue weighted by molar-refractivity contribution is -0.145. The summed E-state index contributed by atoms with van der Waals surface area (Å²) in [7, 11) is 1.24. The third-order valence-electron chi connectivity index (χ3n) is 5.42. The van der Waals surface area contributed by atoms with Crippen molar-refractivity contribution in [3.05, 3.63) is 76.3 Å². The second kappa shape index (κ2) is 10.2. The highest BCUT2D eigenvalue weighted by Crippen LogP contribution is 2.34. The van der Waals surface area contributed by atoms with Crippen LogP contribution in [0.15, 0.2) is 54.6 Å². The Hall–Kier alpha value is -3.26. The fourth-order valence-corrected chi connectivity index (χ4v) is 3.67. The number of amides is 1. The molecule has 1 atom stereocenters. The summed E-state index contributed by atoms with van der Waals surface area (Å²) in [5.74, 6) is -0.971. The summed E-state index contributed by atoms with van der Waals surface area (Å²) in [6.45, 7) is 5.27. The molecule has 35 heavy (non-hydrogen) atoms. The first-order chi connectivity index (χ1) is 16.3. The van der Waals surface area contributed by atoms with Crippen LogP contribution in [0.25, 0.3) is 10.8 Å². The standard InChI is InChI=1S/C26H25ClF3NO4/c1-25(2,3)22(24(33)34-4)31-23(32)19-12-8-16-7-11-18(27)13-20(16)21(19)35-14-15-5-9-17(10-6-15)26(28,29)30/h5-13,22H,14H2,1-4H3,(H,31,32). The molecular formula is C26H25ClF3NO4. The zero-order chi connectivity index (χ0) is 26.0. The number of alkyl halides is 3. The quantitative estimate of drug-likeness (QED) is 0.392. The number of hydrogen-bond donors (Lipinski definition) is 1. The molecule has 1 N–H and O–H groups in total. The molecular weight excluding hydrogens is 483 g/mol. The van der Waals surface area contributed by atoms with Gasteiger partial charge in [0, 0.05) is 10.4 Å². The molecule has 0 aliphatic rings. The maximum absolute atomic E-state index is 13.3. The van der Waals surface area contributed by atoms with E-state index < -0.39 is 35.1 Å². The van der Waals surface area contributed by atoms with Crippen LogP contribution in [0, 0.1) is 5.41 Å². The number of benzene rings is 3. The molecule has 1 amide bonds. The molecule has 3 aromatic carbocycles. The molecule has 0 heterocycles. The number of ether oxygens (including phenoxy) is 2. The SMILES string of the molecule is COC(=O)C(NC(=O)c1ccc2ccc(Cl)cc2c1OCc1ccc(C(F)(F)F)cc1)C(C)(C)C. The van der Waals surface area contributed by atoms with Crippen LogP contribution in [0.1, 0.15) is 42.3 Å². The maximum atomic E-state index is 13.3. The fourth-order valence-electron chi connectivity index (χ4n) is 3.50. The zero-order valence-electron chi connectivity index (χ0n) is 19.6. The lowest BCUT2D eigenvalue weighted by Crippen LogP contribution is -2.49. The Morgan fingerprint density at radius 2 is 1.63 bits per heavy atom. The number of carbonyl (C=O) groups excluding carboxylic acids is 2. The van der Waals surface area contributed by atoms with Crippen molar-refractivity contribution in [2.24, 2.45) is 5.41 Å². The van der Waals surface area contributed by atoms with E-state index in [1.807, 2.05) is 0 Å². The van der Waals surface area contributed by atoms with Crippen LogP contribution in [0.2, 0.25) is 5.02 Å². The first kappa shape index (κ1) is 26.3. The maximum Gasteiger partial charge on any atom is 0.416 e. The minimum absolute atomic E-state index is 0.0935. The van der Waals surface area contributed by atoms with Crippen molar-refractivity contribution in [3.8, 4) is 5.75 Å². The average molecular weight is 508 g/mol. The highest BCUT2D eigenvalue weighted by Gasteiger charge is 2.34. The summed E-state index contributed by atoms with van der Waals surface area (Å²) in [4.78, 5) is 25.6. The van der Waals surface area contributed by atoms with E-state index in [4.69, 9.17) is 21.1 Å². The zero-order valence-corrected chi connectivity index (χ0v) is 20.4. The Balaban J connectivity index is 1.98.